The van der Waals surface area contributed by atoms with Crippen LogP contribution in [0, 0.1) is 5.92 Å². The molecule has 6 heteroatoms. The van der Waals surface area contributed by atoms with E-state index in [1.165, 1.54) is 0 Å². The van der Waals surface area contributed by atoms with Gasteiger partial charge in [-0.05, 0) is 12.1 Å². The van der Waals surface area contributed by atoms with Crippen LogP contribution in [0.5, 0.6) is 0 Å². The highest BCUT2D eigenvalue weighted by molar-refractivity contribution is 7.13. The highest BCUT2D eigenvalue weighted by atomic mass is 32.1. The average molecular weight is 303 g/mol. The fourth-order valence-electron chi connectivity index (χ4n) is 2.32. The van der Waals surface area contributed by atoms with Crippen LogP contribution in [-0.4, -0.2) is 34.8 Å². The highest BCUT2D eigenvalue weighted by Crippen LogP contribution is 2.25. The summed E-state index contributed by atoms with van der Waals surface area (Å²) in [5, 5.41) is 15.1. The second-order valence-electron chi connectivity index (χ2n) is 6.52. The molecule has 0 bridgehead atoms. The molecule has 1 N–H and O–H groups in total. The fourth-order valence-corrected chi connectivity index (χ4v) is 2.86. The monoisotopic (exact) mass is 303 g/mol. The summed E-state index contributed by atoms with van der Waals surface area (Å²) >= 11 is 1.64. The Morgan fingerprint density at radius 1 is 1.29 bits per heavy atom. The van der Waals surface area contributed by atoms with E-state index in [2.05, 4.69) is 58.3 Å². The van der Waals surface area contributed by atoms with Crippen LogP contribution in [0.3, 0.4) is 0 Å². The van der Waals surface area contributed by atoms with Crippen molar-refractivity contribution in [3.8, 4) is 0 Å². The molecule has 0 aromatic carbocycles. The number of nitrogens with one attached hydrogen (secondary N) is 1. The molecule has 0 saturated carbocycles. The van der Waals surface area contributed by atoms with Gasteiger partial charge < -0.3 is 10.2 Å². The van der Waals surface area contributed by atoms with Crippen molar-refractivity contribution in [2.45, 2.75) is 26.2 Å². The summed E-state index contributed by atoms with van der Waals surface area (Å²) in [6, 6.07) is 4.17. The molecule has 1 fully saturated rings. The first-order chi connectivity index (χ1) is 10.0. The molecule has 1 aliphatic rings. The van der Waals surface area contributed by atoms with Crippen LogP contribution < -0.4 is 10.2 Å². The van der Waals surface area contributed by atoms with E-state index in [0.717, 1.165) is 36.3 Å². The van der Waals surface area contributed by atoms with Crippen molar-refractivity contribution in [1.82, 2.24) is 15.2 Å². The van der Waals surface area contributed by atoms with Gasteiger partial charge in [0, 0.05) is 42.5 Å². The molecule has 3 rings (SSSR count). The second-order valence-corrected chi connectivity index (χ2v) is 7.41. The van der Waals surface area contributed by atoms with Crippen molar-refractivity contribution < 1.29 is 0 Å². The van der Waals surface area contributed by atoms with Crippen molar-refractivity contribution in [3.63, 3.8) is 0 Å². The predicted octanol–water partition coefficient (Wildman–Crippen LogP) is 2.78. The Hall–Kier alpha value is -1.69. The molecular formula is C15H21N5S. The molecular weight excluding hydrogens is 282 g/mol. The van der Waals surface area contributed by atoms with Gasteiger partial charge in [0.2, 0.25) is 0 Å². The molecule has 1 saturated heterocycles. The standard InChI is InChI=1S/C15H21N5S/c1-15(2,3)12-4-5-13(19-18-12)20-9-11(10-20)8-17-14-16-6-7-21-14/h4-7,11H,8-10H2,1-3H3,(H,16,17). The first-order valence-electron chi connectivity index (χ1n) is 7.25. The molecule has 112 valence electrons. The lowest BCUT2D eigenvalue weighted by Gasteiger charge is -2.40. The molecule has 3 heterocycles. The van der Waals surface area contributed by atoms with Gasteiger partial charge in [-0.25, -0.2) is 4.98 Å². The molecule has 2 aromatic rings. The lowest BCUT2D eigenvalue weighted by Crippen LogP contribution is -2.50. The lowest BCUT2D eigenvalue weighted by atomic mass is 9.92. The van der Waals surface area contributed by atoms with E-state index in [-0.39, 0.29) is 5.41 Å². The van der Waals surface area contributed by atoms with Crippen molar-refractivity contribution in [2.75, 3.05) is 29.9 Å². The normalized spacial score (nSPS) is 15.9. The maximum atomic E-state index is 4.36. The van der Waals surface area contributed by atoms with E-state index in [9.17, 15) is 0 Å². The van der Waals surface area contributed by atoms with Crippen LogP contribution >= 0.6 is 11.3 Å². The van der Waals surface area contributed by atoms with E-state index < -0.39 is 0 Å². The minimum absolute atomic E-state index is 0.0562. The number of aromatic nitrogens is 3. The molecule has 0 aliphatic carbocycles. The Balaban J connectivity index is 1.49. The van der Waals surface area contributed by atoms with E-state index in [1.54, 1.807) is 11.3 Å². The zero-order valence-corrected chi connectivity index (χ0v) is 13.5. The molecule has 0 spiro atoms. The van der Waals surface area contributed by atoms with Gasteiger partial charge in [0.1, 0.15) is 0 Å². The van der Waals surface area contributed by atoms with Crippen LogP contribution in [-0.2, 0) is 5.41 Å². The van der Waals surface area contributed by atoms with Crippen LogP contribution in [0.4, 0.5) is 10.9 Å². The third kappa shape index (κ3) is 3.32. The van der Waals surface area contributed by atoms with Gasteiger partial charge in [0.25, 0.3) is 0 Å². The predicted molar refractivity (Wildman–Crippen MR) is 87.0 cm³/mol. The van der Waals surface area contributed by atoms with E-state index in [4.69, 9.17) is 0 Å². The van der Waals surface area contributed by atoms with Gasteiger partial charge in [-0.15, -0.1) is 16.4 Å². The van der Waals surface area contributed by atoms with Gasteiger partial charge in [0.15, 0.2) is 10.9 Å². The van der Waals surface area contributed by atoms with E-state index in [1.807, 2.05) is 11.6 Å². The van der Waals surface area contributed by atoms with Crippen LogP contribution in [0.25, 0.3) is 0 Å². The Morgan fingerprint density at radius 3 is 2.67 bits per heavy atom. The molecule has 0 unspecified atom stereocenters. The number of thiazole rings is 1. The van der Waals surface area contributed by atoms with E-state index in [0.29, 0.717) is 5.92 Å². The average Bonchev–Trinajstić information content (AvgIpc) is 2.89. The van der Waals surface area contributed by atoms with E-state index >= 15 is 0 Å². The van der Waals surface area contributed by atoms with Gasteiger partial charge in [0.05, 0.1) is 5.69 Å². The smallest absolute Gasteiger partial charge is 0.182 e. The summed E-state index contributed by atoms with van der Waals surface area (Å²) in [5.41, 5.74) is 1.09. The summed E-state index contributed by atoms with van der Waals surface area (Å²) in [5.74, 6) is 1.63. The number of rotatable bonds is 4. The summed E-state index contributed by atoms with van der Waals surface area (Å²) in [6.45, 7) is 9.49. The molecule has 0 amide bonds. The Morgan fingerprint density at radius 2 is 2.10 bits per heavy atom. The SMILES string of the molecule is CC(C)(C)c1ccc(N2CC(CNc3nccs3)C2)nn1. The molecule has 2 aromatic heterocycles. The maximum Gasteiger partial charge on any atom is 0.182 e. The third-order valence-corrected chi connectivity index (χ3v) is 4.41. The van der Waals surface area contributed by atoms with Gasteiger partial charge in [-0.2, -0.15) is 5.10 Å². The molecule has 1 aliphatic heterocycles. The molecule has 5 nitrogen and oxygen atoms in total. The second kappa shape index (κ2) is 5.60. The van der Waals surface area contributed by atoms with Crippen molar-refractivity contribution >= 4 is 22.3 Å². The Labute approximate surface area is 129 Å². The number of anilines is 2. The first kappa shape index (κ1) is 14.3. The number of hydrogen-bond donors (Lipinski definition) is 1. The lowest BCUT2D eigenvalue weighted by molar-refractivity contribution is 0.424. The molecule has 21 heavy (non-hydrogen) atoms. The third-order valence-electron chi connectivity index (χ3n) is 3.67. The van der Waals surface area contributed by atoms with Crippen LogP contribution in [0.1, 0.15) is 26.5 Å². The Kier molecular flexibility index (Phi) is 3.80. The summed E-state index contributed by atoms with van der Waals surface area (Å²) in [4.78, 5) is 6.50. The number of nitrogens with zero attached hydrogens (tertiary/aromatic N) is 4. The van der Waals surface area contributed by atoms with Crippen LogP contribution in [0.15, 0.2) is 23.7 Å². The first-order valence-corrected chi connectivity index (χ1v) is 8.13. The quantitative estimate of drug-likeness (QED) is 0.941. The molecule has 0 radical (unpaired) electrons. The van der Waals surface area contributed by atoms with Gasteiger partial charge >= 0.3 is 0 Å². The Bertz CT molecular complexity index is 567. The van der Waals surface area contributed by atoms with Gasteiger partial charge in [-0.3, -0.25) is 0 Å². The summed E-state index contributed by atoms with van der Waals surface area (Å²) in [6.07, 6.45) is 1.83. The van der Waals surface area contributed by atoms with Crippen molar-refractivity contribution in [2.24, 2.45) is 5.92 Å². The largest absolute Gasteiger partial charge is 0.361 e. The molecule has 0 atom stereocenters. The van der Waals surface area contributed by atoms with Crippen molar-refractivity contribution in [1.29, 1.82) is 0 Å². The topological polar surface area (TPSA) is 53.9 Å². The van der Waals surface area contributed by atoms with Gasteiger partial charge in [-0.1, -0.05) is 20.8 Å². The summed E-state index contributed by atoms with van der Waals surface area (Å²) in [7, 11) is 0. The maximum absolute atomic E-state index is 4.36. The zero-order valence-electron chi connectivity index (χ0n) is 12.7. The fraction of sp³-hybridized carbons (Fsp3) is 0.533. The van der Waals surface area contributed by atoms with Crippen LogP contribution in [0.2, 0.25) is 0 Å². The minimum Gasteiger partial charge on any atom is -0.361 e. The number of hydrogen-bond acceptors (Lipinski definition) is 6. The highest BCUT2D eigenvalue weighted by Gasteiger charge is 2.28. The summed E-state index contributed by atoms with van der Waals surface area (Å²) < 4.78 is 0. The van der Waals surface area contributed by atoms with Crippen molar-refractivity contribution in [3.05, 3.63) is 29.4 Å². The zero-order chi connectivity index (χ0) is 14.9. The minimum atomic E-state index is 0.0562.